The van der Waals surface area contributed by atoms with Crippen molar-refractivity contribution >= 4 is 41.2 Å². The van der Waals surface area contributed by atoms with Crippen LogP contribution in [0.3, 0.4) is 0 Å². The number of halogens is 1. The van der Waals surface area contributed by atoms with Gasteiger partial charge in [-0.25, -0.2) is 9.69 Å². The Kier molecular flexibility index (Phi) is 7.03. The lowest BCUT2D eigenvalue weighted by Gasteiger charge is -2.12. The number of amides is 4. The number of carbonyl (C=O) groups is 3. The first-order valence-electron chi connectivity index (χ1n) is 9.47. The fourth-order valence-electron chi connectivity index (χ4n) is 3.03. The first-order valence-corrected chi connectivity index (χ1v) is 9.85. The number of anilines is 1. The van der Waals surface area contributed by atoms with Crippen molar-refractivity contribution in [3.05, 3.63) is 58.2 Å². The molecule has 1 heterocycles. The first kappa shape index (κ1) is 22.7. The molecule has 2 aromatic rings. The molecule has 0 aromatic heterocycles. The molecule has 32 heavy (non-hydrogen) atoms. The zero-order valence-corrected chi connectivity index (χ0v) is 18.2. The number of nitrogens with one attached hydrogen (secondary N) is 2. The Labute approximate surface area is 190 Å². The highest BCUT2D eigenvalue weighted by Gasteiger charge is 2.35. The van der Waals surface area contributed by atoms with Crippen LogP contribution in [0.2, 0.25) is 5.02 Å². The van der Waals surface area contributed by atoms with E-state index in [1.165, 1.54) is 19.3 Å². The third-order valence-electron chi connectivity index (χ3n) is 4.43. The zero-order chi connectivity index (χ0) is 23.3. The van der Waals surface area contributed by atoms with E-state index in [-0.39, 0.29) is 23.1 Å². The molecule has 1 saturated heterocycles. The van der Waals surface area contributed by atoms with Gasteiger partial charge < -0.3 is 20.1 Å². The summed E-state index contributed by atoms with van der Waals surface area (Å²) in [5.74, 6) is 1.78. The summed E-state index contributed by atoms with van der Waals surface area (Å²) in [6.07, 6.45) is 6.63. The number of rotatable bonds is 7. The molecule has 1 fully saturated rings. The van der Waals surface area contributed by atoms with Gasteiger partial charge in [-0.3, -0.25) is 9.59 Å². The SMILES string of the molecule is C#CCOc1c(Cl)cc(/C=C2/NC(=O)N(CC(=O)Nc3cccc(C)c3)C2=O)cc1OC. The monoisotopic (exact) mass is 453 g/mol. The molecule has 0 unspecified atom stereocenters. The molecule has 0 spiro atoms. The Morgan fingerprint density at radius 1 is 1.31 bits per heavy atom. The minimum absolute atomic E-state index is 0.00460. The van der Waals surface area contributed by atoms with Gasteiger partial charge in [0.15, 0.2) is 11.5 Å². The number of nitrogens with zero attached hydrogens (tertiary/aromatic N) is 1. The van der Waals surface area contributed by atoms with Crippen molar-refractivity contribution in [2.24, 2.45) is 0 Å². The first-order chi connectivity index (χ1) is 15.3. The number of methoxy groups -OCH3 is 1. The van der Waals surface area contributed by atoms with Crippen molar-refractivity contribution in [1.29, 1.82) is 0 Å². The summed E-state index contributed by atoms with van der Waals surface area (Å²) in [4.78, 5) is 38.1. The number of urea groups is 1. The molecule has 2 N–H and O–H groups in total. The Bertz CT molecular complexity index is 1150. The fraction of sp³-hybridized carbons (Fsp3) is 0.174. The molecule has 164 valence electrons. The summed E-state index contributed by atoms with van der Waals surface area (Å²) in [5.41, 5.74) is 2.02. The van der Waals surface area contributed by atoms with E-state index in [1.54, 1.807) is 24.3 Å². The van der Waals surface area contributed by atoms with Gasteiger partial charge in [-0.2, -0.15) is 0 Å². The lowest BCUT2D eigenvalue weighted by atomic mass is 10.1. The molecule has 3 rings (SSSR count). The number of hydrogen-bond donors (Lipinski definition) is 2. The fourth-order valence-corrected chi connectivity index (χ4v) is 3.30. The molecular weight excluding hydrogens is 434 g/mol. The summed E-state index contributed by atoms with van der Waals surface area (Å²) >= 11 is 6.25. The largest absolute Gasteiger partial charge is 0.493 e. The van der Waals surface area contributed by atoms with Gasteiger partial charge in [0.2, 0.25) is 5.91 Å². The molecule has 0 atom stereocenters. The predicted molar refractivity (Wildman–Crippen MR) is 120 cm³/mol. The average Bonchev–Trinajstić information content (AvgIpc) is 3.00. The van der Waals surface area contributed by atoms with Gasteiger partial charge in [0.25, 0.3) is 5.91 Å². The van der Waals surface area contributed by atoms with Gasteiger partial charge in [-0.1, -0.05) is 29.7 Å². The zero-order valence-electron chi connectivity index (χ0n) is 17.4. The number of ether oxygens (including phenoxy) is 2. The summed E-state index contributed by atoms with van der Waals surface area (Å²) in [6, 6.07) is 9.60. The van der Waals surface area contributed by atoms with Crippen LogP contribution in [0.5, 0.6) is 11.5 Å². The van der Waals surface area contributed by atoms with E-state index in [9.17, 15) is 14.4 Å². The van der Waals surface area contributed by atoms with Gasteiger partial charge in [0, 0.05) is 5.69 Å². The highest BCUT2D eigenvalue weighted by atomic mass is 35.5. The maximum atomic E-state index is 12.7. The molecular formula is C23H20ClN3O5. The second-order valence-electron chi connectivity index (χ2n) is 6.82. The predicted octanol–water partition coefficient (Wildman–Crippen LogP) is 3.20. The number of carbonyl (C=O) groups excluding carboxylic acids is 3. The van der Waals surface area contributed by atoms with E-state index in [2.05, 4.69) is 16.6 Å². The summed E-state index contributed by atoms with van der Waals surface area (Å²) in [7, 11) is 1.43. The average molecular weight is 454 g/mol. The van der Waals surface area contributed by atoms with Crippen molar-refractivity contribution < 1.29 is 23.9 Å². The highest BCUT2D eigenvalue weighted by Crippen LogP contribution is 2.37. The summed E-state index contributed by atoms with van der Waals surface area (Å²) < 4.78 is 10.7. The second-order valence-corrected chi connectivity index (χ2v) is 7.23. The van der Waals surface area contributed by atoms with E-state index in [0.29, 0.717) is 17.0 Å². The van der Waals surface area contributed by atoms with Crippen LogP contribution >= 0.6 is 11.6 Å². The molecule has 8 nitrogen and oxygen atoms in total. The minimum Gasteiger partial charge on any atom is -0.493 e. The molecule has 4 amide bonds. The van der Waals surface area contributed by atoms with Crippen molar-refractivity contribution in [1.82, 2.24) is 10.2 Å². The van der Waals surface area contributed by atoms with Crippen LogP contribution in [0.4, 0.5) is 10.5 Å². The van der Waals surface area contributed by atoms with Crippen LogP contribution in [0, 0.1) is 19.3 Å². The molecule has 1 aliphatic rings. The quantitative estimate of drug-likeness (QED) is 0.381. The van der Waals surface area contributed by atoms with Gasteiger partial charge in [-0.15, -0.1) is 6.42 Å². The maximum absolute atomic E-state index is 12.7. The standard InChI is InChI=1S/C23H20ClN3O5/c1-4-8-32-21-17(24)10-15(12-19(21)31-3)11-18-22(29)27(23(30)26-18)13-20(28)25-16-7-5-6-14(2)9-16/h1,5-7,9-12H,8,13H2,2-3H3,(H,25,28)(H,26,30)/b18-11+. The number of terminal acetylenes is 1. The number of imide groups is 1. The van der Waals surface area contributed by atoms with Crippen LogP contribution in [0.1, 0.15) is 11.1 Å². The van der Waals surface area contributed by atoms with Crippen LogP contribution < -0.4 is 20.1 Å². The van der Waals surface area contributed by atoms with E-state index in [4.69, 9.17) is 27.5 Å². The van der Waals surface area contributed by atoms with E-state index in [1.807, 2.05) is 13.0 Å². The van der Waals surface area contributed by atoms with Crippen molar-refractivity contribution in [3.8, 4) is 23.8 Å². The molecule has 1 aliphatic heterocycles. The third kappa shape index (κ3) is 5.20. The van der Waals surface area contributed by atoms with E-state index in [0.717, 1.165) is 10.5 Å². The van der Waals surface area contributed by atoms with Crippen LogP contribution in [-0.2, 0) is 9.59 Å². The van der Waals surface area contributed by atoms with Gasteiger partial charge >= 0.3 is 6.03 Å². The maximum Gasteiger partial charge on any atom is 0.329 e. The molecule has 0 radical (unpaired) electrons. The smallest absolute Gasteiger partial charge is 0.329 e. The summed E-state index contributed by atoms with van der Waals surface area (Å²) in [5, 5.41) is 5.35. The highest BCUT2D eigenvalue weighted by molar-refractivity contribution is 6.32. The second kappa shape index (κ2) is 9.90. The molecule has 0 bridgehead atoms. The molecule has 2 aromatic carbocycles. The lowest BCUT2D eigenvalue weighted by molar-refractivity contribution is -0.127. The van der Waals surface area contributed by atoms with Gasteiger partial charge in [-0.05, 0) is 48.4 Å². The Morgan fingerprint density at radius 2 is 2.09 bits per heavy atom. The molecule has 0 saturated carbocycles. The molecule has 0 aliphatic carbocycles. The number of hydrogen-bond acceptors (Lipinski definition) is 5. The minimum atomic E-state index is -0.701. The van der Waals surface area contributed by atoms with Crippen LogP contribution in [0.15, 0.2) is 42.1 Å². The van der Waals surface area contributed by atoms with Gasteiger partial charge in [0.1, 0.15) is 18.8 Å². The lowest BCUT2D eigenvalue weighted by Crippen LogP contribution is -2.38. The van der Waals surface area contributed by atoms with E-state index < -0.39 is 24.4 Å². The molecule has 9 heteroatoms. The Morgan fingerprint density at radius 3 is 2.78 bits per heavy atom. The van der Waals surface area contributed by atoms with Crippen molar-refractivity contribution in [2.75, 3.05) is 25.6 Å². The number of aryl methyl sites for hydroxylation is 1. The van der Waals surface area contributed by atoms with Crippen LogP contribution in [0.25, 0.3) is 6.08 Å². The normalized spacial score (nSPS) is 14.2. The number of benzene rings is 2. The van der Waals surface area contributed by atoms with Crippen LogP contribution in [-0.4, -0.2) is 43.0 Å². The van der Waals surface area contributed by atoms with Gasteiger partial charge in [0.05, 0.1) is 12.1 Å². The Hall–Kier alpha value is -3.96. The summed E-state index contributed by atoms with van der Waals surface area (Å²) in [6.45, 7) is 1.46. The third-order valence-corrected chi connectivity index (χ3v) is 4.71. The van der Waals surface area contributed by atoms with Crippen molar-refractivity contribution in [2.45, 2.75) is 6.92 Å². The topological polar surface area (TPSA) is 97.0 Å². The van der Waals surface area contributed by atoms with Crippen molar-refractivity contribution in [3.63, 3.8) is 0 Å². The Balaban J connectivity index is 1.76. The van der Waals surface area contributed by atoms with E-state index >= 15 is 0 Å².